The van der Waals surface area contributed by atoms with Crippen LogP contribution in [0.5, 0.6) is 0 Å². The third kappa shape index (κ3) is 9.88. The number of aromatic nitrogens is 1. The molecule has 0 saturated carbocycles. The number of nitrogens with one attached hydrogen (secondary N) is 2. The van der Waals surface area contributed by atoms with Crippen molar-refractivity contribution in [3.63, 3.8) is 0 Å². The van der Waals surface area contributed by atoms with Gasteiger partial charge in [0.15, 0.2) is 5.96 Å². The van der Waals surface area contributed by atoms with Crippen molar-refractivity contribution in [2.75, 3.05) is 20.2 Å². The molecule has 1 heterocycles. The van der Waals surface area contributed by atoms with Crippen molar-refractivity contribution in [3.8, 4) is 0 Å². The van der Waals surface area contributed by atoms with Crippen molar-refractivity contribution in [1.29, 1.82) is 0 Å². The van der Waals surface area contributed by atoms with Crippen molar-refractivity contribution < 1.29 is 17.9 Å². The molecule has 0 amide bonds. The van der Waals surface area contributed by atoms with Crippen LogP contribution in [-0.4, -0.2) is 37.3 Å². The molecule has 2 aromatic rings. The number of hydrogen-bond acceptors (Lipinski definition) is 3. The molecule has 9 heteroatoms. The summed E-state index contributed by atoms with van der Waals surface area (Å²) in [6.45, 7) is -0.0557. The van der Waals surface area contributed by atoms with Crippen molar-refractivity contribution in [2.45, 2.75) is 25.7 Å². The Labute approximate surface area is 179 Å². The number of aliphatic imine (C=N–C) groups is 1. The fourth-order valence-corrected chi connectivity index (χ4v) is 2.30. The van der Waals surface area contributed by atoms with Gasteiger partial charge in [0.1, 0.15) is 6.61 Å². The normalized spacial score (nSPS) is 11.6. The van der Waals surface area contributed by atoms with Crippen LogP contribution < -0.4 is 10.6 Å². The Hall–Kier alpha value is -1.88. The average Bonchev–Trinajstić information content (AvgIpc) is 2.65. The van der Waals surface area contributed by atoms with Gasteiger partial charge in [-0.1, -0.05) is 30.3 Å². The van der Waals surface area contributed by atoms with Crippen LogP contribution in [0.1, 0.15) is 16.8 Å². The molecule has 0 aliphatic heterocycles. The zero-order valence-electron chi connectivity index (χ0n) is 15.5. The Kier molecular flexibility index (Phi) is 10.8. The van der Waals surface area contributed by atoms with E-state index >= 15 is 0 Å². The summed E-state index contributed by atoms with van der Waals surface area (Å²) in [7, 11) is 1.69. The van der Waals surface area contributed by atoms with Crippen LogP contribution in [0.25, 0.3) is 0 Å². The number of guanidine groups is 1. The van der Waals surface area contributed by atoms with E-state index in [2.05, 4.69) is 25.3 Å². The van der Waals surface area contributed by atoms with Gasteiger partial charge in [-0.3, -0.25) is 9.98 Å². The minimum atomic E-state index is -4.30. The van der Waals surface area contributed by atoms with E-state index < -0.39 is 12.8 Å². The molecule has 0 bridgehead atoms. The van der Waals surface area contributed by atoms with Gasteiger partial charge in [0.25, 0.3) is 0 Å². The minimum Gasteiger partial charge on any atom is -0.367 e. The van der Waals surface area contributed by atoms with E-state index in [0.717, 1.165) is 17.7 Å². The second-order valence-corrected chi connectivity index (χ2v) is 5.85. The summed E-state index contributed by atoms with van der Waals surface area (Å²) in [6.07, 6.45) is -1.75. The molecule has 0 fully saturated rings. The molecule has 2 N–H and O–H groups in total. The van der Waals surface area contributed by atoms with Gasteiger partial charge in [-0.05, 0) is 23.3 Å². The zero-order chi connectivity index (χ0) is 19.5. The minimum absolute atomic E-state index is 0. The largest absolute Gasteiger partial charge is 0.411 e. The number of rotatable bonds is 8. The SMILES string of the molecule is CN=C(NCCc1ccccn1)NCc1ccc(COCC(F)(F)F)cc1.I. The van der Waals surface area contributed by atoms with Gasteiger partial charge in [-0.15, -0.1) is 24.0 Å². The predicted octanol–water partition coefficient (Wildman–Crippen LogP) is 3.69. The molecule has 28 heavy (non-hydrogen) atoms. The average molecular weight is 508 g/mol. The van der Waals surface area contributed by atoms with Crippen LogP contribution in [0.2, 0.25) is 0 Å². The summed E-state index contributed by atoms with van der Waals surface area (Å²) < 4.78 is 40.8. The standard InChI is InChI=1S/C19H23F3N4O.HI/c1-23-18(25-11-9-17-4-2-3-10-24-17)26-12-15-5-7-16(8-6-15)13-27-14-19(20,21)22;/h2-8,10H,9,11-14H2,1H3,(H2,23,25,26);1H. The smallest absolute Gasteiger partial charge is 0.367 e. The molecule has 0 aliphatic rings. The number of ether oxygens (including phenoxy) is 1. The maximum absolute atomic E-state index is 12.1. The Balaban J connectivity index is 0.00000392. The lowest BCUT2D eigenvalue weighted by Crippen LogP contribution is -2.37. The first kappa shape index (κ1) is 24.2. The number of nitrogens with zero attached hydrogens (tertiary/aromatic N) is 2. The Morgan fingerprint density at radius 1 is 1.07 bits per heavy atom. The lowest BCUT2D eigenvalue weighted by molar-refractivity contribution is -0.176. The van der Waals surface area contributed by atoms with Crippen molar-refractivity contribution in [3.05, 3.63) is 65.5 Å². The third-order valence-corrected chi connectivity index (χ3v) is 3.64. The van der Waals surface area contributed by atoms with Gasteiger partial charge in [0.2, 0.25) is 0 Å². The lowest BCUT2D eigenvalue weighted by Gasteiger charge is -2.12. The highest BCUT2D eigenvalue weighted by Gasteiger charge is 2.27. The second-order valence-electron chi connectivity index (χ2n) is 5.85. The van der Waals surface area contributed by atoms with Crippen LogP contribution in [0, 0.1) is 0 Å². The number of alkyl halides is 3. The molecule has 0 saturated heterocycles. The Morgan fingerprint density at radius 3 is 2.39 bits per heavy atom. The summed E-state index contributed by atoms with van der Waals surface area (Å²) in [4.78, 5) is 8.43. The molecular formula is C19H24F3IN4O. The van der Waals surface area contributed by atoms with Gasteiger partial charge >= 0.3 is 6.18 Å². The summed E-state index contributed by atoms with van der Waals surface area (Å²) in [5.41, 5.74) is 2.69. The van der Waals surface area contributed by atoms with Crippen molar-refractivity contribution >= 4 is 29.9 Å². The molecule has 0 aliphatic carbocycles. The van der Waals surface area contributed by atoms with E-state index in [1.54, 1.807) is 25.4 Å². The molecule has 2 rings (SSSR count). The van der Waals surface area contributed by atoms with Crippen molar-refractivity contribution in [1.82, 2.24) is 15.6 Å². The summed E-state index contributed by atoms with van der Waals surface area (Å²) in [6, 6.07) is 13.0. The first-order valence-electron chi connectivity index (χ1n) is 8.53. The molecule has 0 radical (unpaired) electrons. The molecule has 0 unspecified atom stereocenters. The quantitative estimate of drug-likeness (QED) is 0.325. The Bertz CT molecular complexity index is 709. The summed E-state index contributed by atoms with van der Waals surface area (Å²) >= 11 is 0. The lowest BCUT2D eigenvalue weighted by atomic mass is 10.1. The summed E-state index contributed by atoms with van der Waals surface area (Å²) in [5, 5.41) is 6.41. The highest BCUT2D eigenvalue weighted by molar-refractivity contribution is 14.0. The predicted molar refractivity (Wildman–Crippen MR) is 114 cm³/mol. The van der Waals surface area contributed by atoms with Gasteiger partial charge in [0.05, 0.1) is 6.61 Å². The molecule has 5 nitrogen and oxygen atoms in total. The van der Waals surface area contributed by atoms with Crippen LogP contribution in [0.4, 0.5) is 13.2 Å². The summed E-state index contributed by atoms with van der Waals surface area (Å²) in [5.74, 6) is 0.670. The van der Waals surface area contributed by atoms with Crippen LogP contribution in [0.3, 0.4) is 0 Å². The van der Waals surface area contributed by atoms with Gasteiger partial charge < -0.3 is 15.4 Å². The highest BCUT2D eigenvalue weighted by atomic mass is 127. The van der Waals surface area contributed by atoms with E-state index in [9.17, 15) is 13.2 Å². The maximum Gasteiger partial charge on any atom is 0.411 e. The fourth-order valence-electron chi connectivity index (χ4n) is 2.30. The topological polar surface area (TPSA) is 58.5 Å². The number of benzene rings is 1. The first-order chi connectivity index (χ1) is 13.0. The van der Waals surface area contributed by atoms with E-state index in [4.69, 9.17) is 0 Å². The number of halogens is 4. The highest BCUT2D eigenvalue weighted by Crippen LogP contribution is 2.15. The number of pyridine rings is 1. The van der Waals surface area contributed by atoms with Gasteiger partial charge in [-0.2, -0.15) is 13.2 Å². The van der Waals surface area contributed by atoms with Gasteiger partial charge in [-0.25, -0.2) is 0 Å². The van der Waals surface area contributed by atoms with Crippen LogP contribution >= 0.6 is 24.0 Å². The van der Waals surface area contributed by atoms with Crippen LogP contribution in [0.15, 0.2) is 53.7 Å². The van der Waals surface area contributed by atoms with E-state index in [0.29, 0.717) is 24.6 Å². The van der Waals surface area contributed by atoms with E-state index in [1.165, 1.54) is 0 Å². The molecule has 0 atom stereocenters. The van der Waals surface area contributed by atoms with Crippen LogP contribution in [-0.2, 0) is 24.3 Å². The first-order valence-corrected chi connectivity index (χ1v) is 8.53. The molecular weight excluding hydrogens is 484 g/mol. The molecule has 0 spiro atoms. The van der Waals surface area contributed by atoms with Gasteiger partial charge in [0, 0.05) is 38.4 Å². The maximum atomic E-state index is 12.1. The number of hydrogen-bond donors (Lipinski definition) is 2. The Morgan fingerprint density at radius 2 is 1.79 bits per heavy atom. The fraction of sp³-hybridized carbons (Fsp3) is 0.368. The molecule has 1 aromatic carbocycles. The monoisotopic (exact) mass is 508 g/mol. The van der Waals surface area contributed by atoms with Crippen molar-refractivity contribution in [2.24, 2.45) is 4.99 Å². The zero-order valence-corrected chi connectivity index (χ0v) is 17.8. The molecule has 154 valence electrons. The van der Waals surface area contributed by atoms with E-state index in [1.807, 2.05) is 30.3 Å². The second kappa shape index (κ2) is 12.6. The third-order valence-electron chi connectivity index (χ3n) is 3.64. The molecule has 1 aromatic heterocycles. The van der Waals surface area contributed by atoms with E-state index in [-0.39, 0.29) is 30.6 Å².